The summed E-state index contributed by atoms with van der Waals surface area (Å²) in [6, 6.07) is 9.40. The van der Waals surface area contributed by atoms with E-state index in [2.05, 4.69) is 10.6 Å². The van der Waals surface area contributed by atoms with Crippen LogP contribution in [0.5, 0.6) is 0 Å². The second-order valence-corrected chi connectivity index (χ2v) is 5.28. The second-order valence-electron chi connectivity index (χ2n) is 3.80. The first-order valence-electron chi connectivity index (χ1n) is 5.42. The van der Waals surface area contributed by atoms with Crippen LogP contribution in [0.3, 0.4) is 0 Å². The zero-order valence-electron chi connectivity index (χ0n) is 10.1. The number of hydrogen-bond acceptors (Lipinski definition) is 3. The first-order chi connectivity index (χ1) is 8.13. The summed E-state index contributed by atoms with van der Waals surface area (Å²) >= 11 is 0. The van der Waals surface area contributed by atoms with E-state index in [9.17, 15) is 9.00 Å². The van der Waals surface area contributed by atoms with Gasteiger partial charge >= 0.3 is 0 Å². The highest BCUT2D eigenvalue weighted by molar-refractivity contribution is 7.84. The predicted octanol–water partition coefficient (Wildman–Crippen LogP) is 0.442. The van der Waals surface area contributed by atoms with E-state index in [0.717, 1.165) is 5.56 Å². The molecule has 0 aliphatic rings. The highest BCUT2D eigenvalue weighted by atomic mass is 32.2. The Balaban J connectivity index is 2.74. The molecule has 5 heteroatoms. The van der Waals surface area contributed by atoms with Gasteiger partial charge in [0.05, 0.1) is 12.6 Å². The van der Waals surface area contributed by atoms with Gasteiger partial charge in [-0.2, -0.15) is 0 Å². The van der Waals surface area contributed by atoms with Gasteiger partial charge in [-0.05, 0) is 12.6 Å². The van der Waals surface area contributed by atoms with E-state index in [1.54, 1.807) is 13.3 Å². The van der Waals surface area contributed by atoms with E-state index in [0.29, 0.717) is 5.75 Å². The van der Waals surface area contributed by atoms with E-state index in [4.69, 9.17) is 0 Å². The van der Waals surface area contributed by atoms with Crippen LogP contribution in [0.2, 0.25) is 0 Å². The van der Waals surface area contributed by atoms with Crippen LogP contribution in [-0.4, -0.2) is 35.7 Å². The van der Waals surface area contributed by atoms with E-state index in [1.165, 1.54) is 0 Å². The van der Waals surface area contributed by atoms with Crippen molar-refractivity contribution >= 4 is 16.7 Å². The number of carbonyl (C=O) groups excluding carboxylic acids is 1. The van der Waals surface area contributed by atoms with E-state index in [-0.39, 0.29) is 18.5 Å². The van der Waals surface area contributed by atoms with Crippen molar-refractivity contribution in [1.29, 1.82) is 0 Å². The molecular weight excluding hydrogens is 236 g/mol. The van der Waals surface area contributed by atoms with Crippen molar-refractivity contribution < 1.29 is 9.00 Å². The Morgan fingerprint density at radius 2 is 2.00 bits per heavy atom. The lowest BCUT2D eigenvalue weighted by Gasteiger charge is -2.18. The maximum Gasteiger partial charge on any atom is 0.234 e. The highest BCUT2D eigenvalue weighted by Gasteiger charge is 2.15. The quantitative estimate of drug-likeness (QED) is 0.774. The fourth-order valence-electron chi connectivity index (χ4n) is 1.55. The van der Waals surface area contributed by atoms with Gasteiger partial charge in [0, 0.05) is 22.8 Å². The fraction of sp³-hybridized carbons (Fsp3) is 0.417. The normalized spacial score (nSPS) is 14.0. The van der Waals surface area contributed by atoms with Crippen molar-refractivity contribution in [3.05, 3.63) is 35.9 Å². The molecule has 17 heavy (non-hydrogen) atoms. The molecule has 0 aromatic heterocycles. The molecule has 2 atom stereocenters. The average molecular weight is 254 g/mol. The van der Waals surface area contributed by atoms with Gasteiger partial charge in [-0.25, -0.2) is 0 Å². The van der Waals surface area contributed by atoms with E-state index < -0.39 is 10.8 Å². The Morgan fingerprint density at radius 1 is 1.35 bits per heavy atom. The van der Waals surface area contributed by atoms with Crippen molar-refractivity contribution in [2.24, 2.45) is 0 Å². The zero-order valence-corrected chi connectivity index (χ0v) is 10.9. The van der Waals surface area contributed by atoms with Gasteiger partial charge in [-0.1, -0.05) is 30.3 Å². The summed E-state index contributed by atoms with van der Waals surface area (Å²) in [5.74, 6) is 0.339. The lowest BCUT2D eigenvalue weighted by molar-refractivity contribution is -0.120. The second kappa shape index (κ2) is 7.19. The molecule has 0 fully saturated rings. The lowest BCUT2D eigenvalue weighted by atomic mass is 10.1. The van der Waals surface area contributed by atoms with Crippen molar-refractivity contribution in [2.45, 2.75) is 6.04 Å². The minimum absolute atomic E-state index is 0.0909. The Bertz CT molecular complexity index is 381. The van der Waals surface area contributed by atoms with Crippen molar-refractivity contribution in [1.82, 2.24) is 10.6 Å². The number of carbonyl (C=O) groups is 1. The Hall–Kier alpha value is -1.20. The monoisotopic (exact) mass is 254 g/mol. The predicted molar refractivity (Wildman–Crippen MR) is 70.2 cm³/mol. The molecule has 0 spiro atoms. The van der Waals surface area contributed by atoms with Crippen LogP contribution in [0.25, 0.3) is 0 Å². The molecule has 1 amide bonds. The van der Waals surface area contributed by atoms with Gasteiger partial charge in [0.2, 0.25) is 5.91 Å². The zero-order chi connectivity index (χ0) is 12.7. The molecule has 0 saturated heterocycles. The fourth-order valence-corrected chi connectivity index (χ4v) is 2.29. The molecule has 94 valence electrons. The summed E-state index contributed by atoms with van der Waals surface area (Å²) < 4.78 is 11.3. The maximum atomic E-state index is 11.5. The number of nitrogens with one attached hydrogen (secondary N) is 2. The van der Waals surface area contributed by atoms with Crippen LogP contribution in [0.4, 0.5) is 0 Å². The van der Waals surface area contributed by atoms with Gasteiger partial charge in [0.15, 0.2) is 0 Å². The molecule has 2 unspecified atom stereocenters. The summed E-state index contributed by atoms with van der Waals surface area (Å²) in [7, 11) is 0.766. The molecule has 0 bridgehead atoms. The van der Waals surface area contributed by atoms with Gasteiger partial charge < -0.3 is 10.6 Å². The third kappa shape index (κ3) is 5.10. The molecule has 0 saturated carbocycles. The van der Waals surface area contributed by atoms with E-state index >= 15 is 0 Å². The number of benzene rings is 1. The Labute approximate surface area is 104 Å². The van der Waals surface area contributed by atoms with Gasteiger partial charge in [0.25, 0.3) is 0 Å². The lowest BCUT2D eigenvalue weighted by Crippen LogP contribution is -2.37. The Kier molecular flexibility index (Phi) is 5.86. The summed E-state index contributed by atoms with van der Waals surface area (Å²) in [6.07, 6.45) is 1.64. The highest BCUT2D eigenvalue weighted by Crippen LogP contribution is 2.13. The maximum absolute atomic E-state index is 11.5. The smallest absolute Gasteiger partial charge is 0.234 e. The first-order valence-corrected chi connectivity index (χ1v) is 7.15. The molecule has 0 radical (unpaired) electrons. The van der Waals surface area contributed by atoms with Crippen LogP contribution in [0, 0.1) is 0 Å². The minimum atomic E-state index is -0.952. The van der Waals surface area contributed by atoms with Crippen molar-refractivity contribution in [3.63, 3.8) is 0 Å². The standard InChI is InChI=1S/C12H18N2O2S/c1-13-8-12(15)14-11(9-17(2)16)10-6-4-3-5-7-10/h3-7,11,13H,8-9H2,1-2H3,(H,14,15). The van der Waals surface area contributed by atoms with Crippen LogP contribution in [-0.2, 0) is 15.6 Å². The molecule has 1 rings (SSSR count). The molecule has 0 heterocycles. The molecule has 1 aromatic carbocycles. The largest absolute Gasteiger partial charge is 0.347 e. The average Bonchev–Trinajstić information content (AvgIpc) is 2.29. The summed E-state index contributed by atoms with van der Waals surface area (Å²) in [5.41, 5.74) is 0.979. The van der Waals surface area contributed by atoms with Gasteiger partial charge in [-0.15, -0.1) is 0 Å². The third-order valence-corrected chi connectivity index (χ3v) is 3.08. The minimum Gasteiger partial charge on any atom is -0.347 e. The molecule has 2 N–H and O–H groups in total. The van der Waals surface area contributed by atoms with Crippen LogP contribution < -0.4 is 10.6 Å². The molecule has 0 aliphatic heterocycles. The number of rotatable bonds is 6. The Morgan fingerprint density at radius 3 is 2.53 bits per heavy atom. The van der Waals surface area contributed by atoms with Gasteiger partial charge in [0.1, 0.15) is 0 Å². The first kappa shape index (κ1) is 13.9. The molecule has 1 aromatic rings. The van der Waals surface area contributed by atoms with Crippen LogP contribution in [0.15, 0.2) is 30.3 Å². The number of amides is 1. The van der Waals surface area contributed by atoms with Crippen molar-refractivity contribution in [3.8, 4) is 0 Å². The molecule has 0 aliphatic carbocycles. The number of likely N-dealkylation sites (N-methyl/N-ethyl adjacent to an activating group) is 1. The third-order valence-electron chi connectivity index (χ3n) is 2.28. The van der Waals surface area contributed by atoms with Crippen LogP contribution in [0.1, 0.15) is 11.6 Å². The summed E-state index contributed by atoms with van der Waals surface area (Å²) in [5, 5.41) is 5.66. The van der Waals surface area contributed by atoms with Crippen molar-refractivity contribution in [2.75, 3.05) is 25.6 Å². The number of hydrogen-bond donors (Lipinski definition) is 2. The molecule has 4 nitrogen and oxygen atoms in total. The van der Waals surface area contributed by atoms with E-state index in [1.807, 2.05) is 30.3 Å². The SMILES string of the molecule is CNCC(=O)NC(CS(C)=O)c1ccccc1. The molecular formula is C12H18N2O2S. The summed E-state index contributed by atoms with van der Waals surface area (Å²) in [6.45, 7) is 0.264. The van der Waals surface area contributed by atoms with Crippen LogP contribution >= 0.6 is 0 Å². The van der Waals surface area contributed by atoms with Gasteiger partial charge in [-0.3, -0.25) is 9.00 Å². The summed E-state index contributed by atoms with van der Waals surface area (Å²) in [4.78, 5) is 11.5. The topological polar surface area (TPSA) is 58.2 Å².